The third-order valence-electron chi connectivity index (χ3n) is 3.66. The van der Waals surface area contributed by atoms with E-state index in [1.807, 2.05) is 30.7 Å². The van der Waals surface area contributed by atoms with Crippen LogP contribution in [-0.2, 0) is 4.79 Å². The molecule has 0 bridgehead atoms. The molecule has 1 aliphatic heterocycles. The van der Waals surface area contributed by atoms with Gasteiger partial charge in [-0.3, -0.25) is 10.1 Å². The van der Waals surface area contributed by atoms with Crippen LogP contribution in [0.4, 0.5) is 13.2 Å². The Morgan fingerprint density at radius 1 is 1.38 bits per heavy atom. The highest BCUT2D eigenvalue weighted by Crippen LogP contribution is 2.34. The fourth-order valence-corrected chi connectivity index (χ4v) is 3.36. The Kier molecular flexibility index (Phi) is 4.63. The maximum Gasteiger partial charge on any atom is 0.391 e. The van der Waals surface area contributed by atoms with Gasteiger partial charge in [0.15, 0.2) is 0 Å². The second-order valence-corrected chi connectivity index (χ2v) is 6.54. The number of amides is 1. The largest absolute Gasteiger partial charge is 0.391 e. The molecule has 1 N–H and O–H groups in total. The standard InChI is InChI=1S/C14H19F3N2OS/c1-8(2)11-13(20)19(9(3)6-14(15,16)17)12(18-11)10-4-5-21-7-10/h4-5,7-9,11-12,18H,6H2,1-3H3. The van der Waals surface area contributed by atoms with E-state index in [2.05, 4.69) is 5.32 Å². The summed E-state index contributed by atoms with van der Waals surface area (Å²) in [5.74, 6) is -0.223. The van der Waals surface area contributed by atoms with Crippen LogP contribution in [0.5, 0.6) is 0 Å². The van der Waals surface area contributed by atoms with Crippen molar-refractivity contribution in [2.75, 3.05) is 0 Å². The first-order valence-electron chi connectivity index (χ1n) is 6.88. The van der Waals surface area contributed by atoms with Gasteiger partial charge in [0.1, 0.15) is 6.17 Å². The van der Waals surface area contributed by atoms with E-state index in [-0.39, 0.29) is 11.8 Å². The van der Waals surface area contributed by atoms with E-state index in [0.717, 1.165) is 5.56 Å². The Balaban J connectivity index is 2.27. The van der Waals surface area contributed by atoms with Gasteiger partial charge in [-0.2, -0.15) is 24.5 Å². The highest BCUT2D eigenvalue weighted by Gasteiger charge is 2.45. The van der Waals surface area contributed by atoms with Crippen LogP contribution >= 0.6 is 11.3 Å². The zero-order valence-corrected chi connectivity index (χ0v) is 13.0. The number of nitrogens with one attached hydrogen (secondary N) is 1. The van der Waals surface area contributed by atoms with Crippen LogP contribution in [0.3, 0.4) is 0 Å². The fourth-order valence-electron chi connectivity index (χ4n) is 2.68. The first-order chi connectivity index (χ1) is 9.70. The Labute approximate surface area is 126 Å². The lowest BCUT2D eigenvalue weighted by molar-refractivity contribution is -0.153. The van der Waals surface area contributed by atoms with Crippen LogP contribution in [0.2, 0.25) is 0 Å². The zero-order chi connectivity index (χ0) is 15.8. The Hall–Kier alpha value is -1.08. The number of carbonyl (C=O) groups excluding carboxylic acids is 1. The van der Waals surface area contributed by atoms with Gasteiger partial charge in [0, 0.05) is 6.04 Å². The summed E-state index contributed by atoms with van der Waals surface area (Å²) in [6, 6.07) is 0.510. The summed E-state index contributed by atoms with van der Waals surface area (Å²) < 4.78 is 38.0. The van der Waals surface area contributed by atoms with Gasteiger partial charge >= 0.3 is 6.18 Å². The van der Waals surface area contributed by atoms with E-state index in [9.17, 15) is 18.0 Å². The van der Waals surface area contributed by atoms with Crippen LogP contribution < -0.4 is 5.32 Å². The molecule has 0 spiro atoms. The fraction of sp³-hybridized carbons (Fsp3) is 0.643. The minimum Gasteiger partial charge on any atom is -0.318 e. The van der Waals surface area contributed by atoms with Crippen molar-refractivity contribution in [3.05, 3.63) is 22.4 Å². The van der Waals surface area contributed by atoms with Crippen molar-refractivity contribution < 1.29 is 18.0 Å². The van der Waals surface area contributed by atoms with Crippen molar-refractivity contribution in [1.82, 2.24) is 10.2 Å². The van der Waals surface area contributed by atoms with Crippen LogP contribution in [0, 0.1) is 5.92 Å². The summed E-state index contributed by atoms with van der Waals surface area (Å²) in [5, 5.41) is 6.90. The van der Waals surface area contributed by atoms with Crippen LogP contribution in [0.15, 0.2) is 16.8 Å². The molecule has 2 rings (SSSR count). The maximum atomic E-state index is 12.7. The smallest absolute Gasteiger partial charge is 0.318 e. The molecule has 1 fully saturated rings. The number of halogens is 3. The van der Waals surface area contributed by atoms with E-state index in [4.69, 9.17) is 0 Å². The molecule has 3 unspecified atom stereocenters. The maximum absolute atomic E-state index is 12.7. The summed E-state index contributed by atoms with van der Waals surface area (Å²) in [5.41, 5.74) is 0.838. The molecule has 118 valence electrons. The van der Waals surface area contributed by atoms with Gasteiger partial charge in [-0.15, -0.1) is 0 Å². The van der Waals surface area contributed by atoms with Gasteiger partial charge in [0.25, 0.3) is 0 Å². The predicted octanol–water partition coefficient (Wildman–Crippen LogP) is 3.54. The van der Waals surface area contributed by atoms with E-state index in [1.54, 1.807) is 0 Å². The molecule has 0 aliphatic carbocycles. The SMILES string of the molecule is CC(C)C1NC(c2ccsc2)N(C(C)CC(F)(F)F)C1=O. The molecule has 1 saturated heterocycles. The van der Waals surface area contributed by atoms with Gasteiger partial charge in [-0.05, 0) is 35.2 Å². The van der Waals surface area contributed by atoms with E-state index in [0.29, 0.717) is 0 Å². The van der Waals surface area contributed by atoms with Crippen molar-refractivity contribution >= 4 is 17.2 Å². The Bertz CT molecular complexity index is 487. The van der Waals surface area contributed by atoms with Crippen LogP contribution in [0.25, 0.3) is 0 Å². The molecule has 0 aromatic carbocycles. The molecule has 1 aromatic rings. The van der Waals surface area contributed by atoms with E-state index in [1.165, 1.54) is 23.2 Å². The Morgan fingerprint density at radius 3 is 2.52 bits per heavy atom. The third-order valence-corrected chi connectivity index (χ3v) is 4.36. The molecule has 3 atom stereocenters. The van der Waals surface area contributed by atoms with Gasteiger partial charge in [-0.1, -0.05) is 13.8 Å². The van der Waals surface area contributed by atoms with Crippen molar-refractivity contribution in [2.45, 2.75) is 51.6 Å². The zero-order valence-electron chi connectivity index (χ0n) is 12.1. The molecule has 21 heavy (non-hydrogen) atoms. The van der Waals surface area contributed by atoms with E-state index >= 15 is 0 Å². The first-order valence-corrected chi connectivity index (χ1v) is 7.82. The summed E-state index contributed by atoms with van der Waals surface area (Å²) in [7, 11) is 0. The molecule has 1 amide bonds. The lowest BCUT2D eigenvalue weighted by atomic mass is 10.0. The molecule has 0 saturated carbocycles. The van der Waals surface area contributed by atoms with Crippen molar-refractivity contribution in [1.29, 1.82) is 0 Å². The Morgan fingerprint density at radius 2 is 2.05 bits per heavy atom. The van der Waals surface area contributed by atoms with Gasteiger partial charge in [-0.25, -0.2) is 0 Å². The number of thiophene rings is 1. The molecule has 2 heterocycles. The minimum atomic E-state index is -4.28. The first kappa shape index (κ1) is 16.3. The number of carbonyl (C=O) groups is 1. The number of rotatable bonds is 4. The average Bonchev–Trinajstić information content (AvgIpc) is 2.92. The highest BCUT2D eigenvalue weighted by molar-refractivity contribution is 7.07. The second-order valence-electron chi connectivity index (χ2n) is 5.76. The summed E-state index contributed by atoms with van der Waals surface area (Å²) in [4.78, 5) is 13.8. The molecule has 3 nitrogen and oxygen atoms in total. The number of hydrogen-bond donors (Lipinski definition) is 1. The van der Waals surface area contributed by atoms with Crippen molar-refractivity contribution in [3.8, 4) is 0 Å². The molecular weight excluding hydrogens is 301 g/mol. The molecule has 7 heteroatoms. The normalized spacial score (nSPS) is 24.9. The molecule has 1 aliphatic rings. The number of alkyl halides is 3. The summed E-state index contributed by atoms with van der Waals surface area (Å²) in [6.07, 6.45) is -5.76. The van der Waals surface area contributed by atoms with Gasteiger partial charge < -0.3 is 4.90 Å². The predicted molar refractivity (Wildman–Crippen MR) is 75.8 cm³/mol. The molecule has 0 radical (unpaired) electrons. The van der Waals surface area contributed by atoms with Gasteiger partial charge in [0.2, 0.25) is 5.91 Å². The lowest BCUT2D eigenvalue weighted by Crippen LogP contribution is -2.41. The van der Waals surface area contributed by atoms with Crippen molar-refractivity contribution in [2.24, 2.45) is 5.92 Å². The van der Waals surface area contributed by atoms with Gasteiger partial charge in [0.05, 0.1) is 12.5 Å². The highest BCUT2D eigenvalue weighted by atomic mass is 32.1. The number of hydrogen-bond acceptors (Lipinski definition) is 3. The average molecular weight is 320 g/mol. The minimum absolute atomic E-state index is 0.0294. The quantitative estimate of drug-likeness (QED) is 0.920. The second kappa shape index (κ2) is 5.96. The summed E-state index contributed by atoms with van der Waals surface area (Å²) in [6.45, 7) is 5.23. The monoisotopic (exact) mass is 320 g/mol. The number of nitrogens with zero attached hydrogens (tertiary/aromatic N) is 1. The summed E-state index contributed by atoms with van der Waals surface area (Å²) >= 11 is 1.46. The van der Waals surface area contributed by atoms with E-state index < -0.39 is 30.8 Å². The van der Waals surface area contributed by atoms with Crippen molar-refractivity contribution in [3.63, 3.8) is 0 Å². The molecular formula is C14H19F3N2OS. The third kappa shape index (κ3) is 3.58. The molecule has 1 aromatic heterocycles. The lowest BCUT2D eigenvalue weighted by Gasteiger charge is -2.30. The van der Waals surface area contributed by atoms with Crippen LogP contribution in [0.1, 0.15) is 38.9 Å². The topological polar surface area (TPSA) is 32.3 Å². The van der Waals surface area contributed by atoms with Crippen LogP contribution in [-0.4, -0.2) is 29.1 Å².